The Morgan fingerprint density at radius 1 is 0.944 bits per heavy atom. The minimum atomic E-state index is -0.00709. The molecule has 2 N–H and O–H groups in total. The predicted octanol–water partition coefficient (Wildman–Crippen LogP) is 5.73. The summed E-state index contributed by atoms with van der Waals surface area (Å²) in [5, 5.41) is 10.8. The fourth-order valence-electron chi connectivity index (χ4n) is 5.49. The topological polar surface area (TPSA) is 64.3 Å². The number of nitrogens with one attached hydrogen (secondary N) is 2. The van der Waals surface area contributed by atoms with Crippen LogP contribution in [0.25, 0.3) is 22.5 Å². The molecule has 0 aliphatic carbocycles. The molecule has 3 heterocycles. The number of likely N-dealkylation sites (tertiary alicyclic amines) is 1. The van der Waals surface area contributed by atoms with E-state index in [1.165, 1.54) is 50.8 Å². The van der Waals surface area contributed by atoms with Crippen molar-refractivity contribution in [1.82, 2.24) is 20.4 Å². The van der Waals surface area contributed by atoms with Gasteiger partial charge >= 0.3 is 0 Å². The summed E-state index contributed by atoms with van der Waals surface area (Å²) in [4.78, 5) is 17.6. The van der Waals surface area contributed by atoms with E-state index in [2.05, 4.69) is 62.6 Å². The number of hydrogen-bond donors (Lipinski definition) is 2. The Balaban J connectivity index is 1.13. The summed E-state index contributed by atoms with van der Waals surface area (Å²) in [6, 6.07) is 19.2. The maximum Gasteiger partial charge on any atom is 0.251 e. The van der Waals surface area contributed by atoms with Gasteiger partial charge in [0.05, 0.1) is 11.4 Å². The molecule has 0 spiro atoms. The van der Waals surface area contributed by atoms with E-state index in [1.807, 2.05) is 24.3 Å². The first-order chi connectivity index (χ1) is 17.7. The Labute approximate surface area is 215 Å². The Kier molecular flexibility index (Phi) is 8.01. The molecule has 3 aromatic rings. The van der Waals surface area contributed by atoms with Gasteiger partial charge in [-0.25, -0.2) is 0 Å². The lowest BCUT2D eigenvalue weighted by molar-refractivity contribution is 0.0949. The summed E-state index contributed by atoms with van der Waals surface area (Å²) in [5.41, 5.74) is 6.00. The smallest absolute Gasteiger partial charge is 0.251 e. The van der Waals surface area contributed by atoms with Gasteiger partial charge in [0.25, 0.3) is 5.91 Å². The van der Waals surface area contributed by atoms with Crippen molar-refractivity contribution in [2.45, 2.75) is 57.9 Å². The third-order valence-corrected chi connectivity index (χ3v) is 7.77. The number of benzene rings is 2. The first kappa shape index (κ1) is 24.6. The van der Waals surface area contributed by atoms with E-state index in [-0.39, 0.29) is 5.91 Å². The van der Waals surface area contributed by atoms with Gasteiger partial charge in [0.1, 0.15) is 0 Å². The van der Waals surface area contributed by atoms with Crippen LogP contribution in [0, 0.1) is 0 Å². The van der Waals surface area contributed by atoms with Gasteiger partial charge in [-0.1, -0.05) is 30.7 Å². The molecule has 0 radical (unpaired) electrons. The van der Waals surface area contributed by atoms with Gasteiger partial charge in [0, 0.05) is 49.0 Å². The fraction of sp³-hybridized carbons (Fsp3) is 0.467. The van der Waals surface area contributed by atoms with Crippen molar-refractivity contribution in [3.05, 3.63) is 60.2 Å². The van der Waals surface area contributed by atoms with Crippen molar-refractivity contribution in [3.63, 3.8) is 0 Å². The third-order valence-electron chi connectivity index (χ3n) is 7.77. The average molecular weight is 486 g/mol. The first-order valence-electron chi connectivity index (χ1n) is 13.7. The Bertz CT molecular complexity index is 1120. The highest BCUT2D eigenvalue weighted by atomic mass is 16.1. The molecule has 2 aliphatic heterocycles. The molecule has 2 fully saturated rings. The number of nitrogens with zero attached hydrogens (tertiary/aromatic N) is 3. The van der Waals surface area contributed by atoms with Gasteiger partial charge in [-0.05, 0) is 87.9 Å². The first-order valence-corrected chi connectivity index (χ1v) is 13.7. The molecule has 6 nitrogen and oxygen atoms in total. The fourth-order valence-corrected chi connectivity index (χ4v) is 5.49. The predicted molar refractivity (Wildman–Crippen MR) is 147 cm³/mol. The number of carbonyl (C=O) groups is 1. The number of piperidine rings is 2. The van der Waals surface area contributed by atoms with Gasteiger partial charge in [-0.15, -0.1) is 0 Å². The zero-order valence-corrected chi connectivity index (χ0v) is 21.5. The normalized spacial score (nSPS) is 18.8. The van der Waals surface area contributed by atoms with Crippen LogP contribution in [0.15, 0.2) is 54.6 Å². The van der Waals surface area contributed by atoms with Crippen LogP contribution in [-0.4, -0.2) is 59.8 Å². The van der Waals surface area contributed by atoms with Gasteiger partial charge in [-0.2, -0.15) is 5.10 Å². The largest absolute Gasteiger partial charge is 0.372 e. The second-order valence-corrected chi connectivity index (χ2v) is 10.3. The SMILES string of the molecule is C[C@@H]1CCCCN1CCCNC(=O)c1ccc(-c2cc(-c3ccc(N4CCCCC4)cc3)n[nH]2)cc1. The van der Waals surface area contributed by atoms with Crippen LogP contribution in [0.4, 0.5) is 5.69 Å². The van der Waals surface area contributed by atoms with Crippen LogP contribution in [0.2, 0.25) is 0 Å². The highest BCUT2D eigenvalue weighted by molar-refractivity contribution is 5.94. The molecule has 0 unspecified atom stereocenters. The number of aromatic amines is 1. The number of hydrogen-bond acceptors (Lipinski definition) is 4. The van der Waals surface area contributed by atoms with E-state index in [4.69, 9.17) is 0 Å². The summed E-state index contributed by atoms with van der Waals surface area (Å²) >= 11 is 0. The monoisotopic (exact) mass is 485 g/mol. The van der Waals surface area contributed by atoms with Gasteiger partial charge in [0.2, 0.25) is 0 Å². The summed E-state index contributed by atoms with van der Waals surface area (Å²) in [6.07, 6.45) is 8.83. The molecule has 6 heteroatoms. The molecule has 2 aliphatic rings. The molecule has 1 atom stereocenters. The second kappa shape index (κ2) is 11.7. The average Bonchev–Trinajstić information content (AvgIpc) is 3.43. The summed E-state index contributed by atoms with van der Waals surface area (Å²) in [7, 11) is 0. The molecule has 5 rings (SSSR count). The minimum absolute atomic E-state index is 0.00709. The molecule has 2 saturated heterocycles. The highest BCUT2D eigenvalue weighted by Crippen LogP contribution is 2.27. The van der Waals surface area contributed by atoms with Crippen LogP contribution >= 0.6 is 0 Å². The summed E-state index contributed by atoms with van der Waals surface area (Å²) in [5.74, 6) is -0.00709. The highest BCUT2D eigenvalue weighted by Gasteiger charge is 2.17. The zero-order chi connectivity index (χ0) is 24.7. The molecule has 190 valence electrons. The van der Waals surface area contributed by atoms with E-state index in [9.17, 15) is 4.79 Å². The Hall–Kier alpha value is -3.12. The van der Waals surface area contributed by atoms with E-state index < -0.39 is 0 Å². The van der Waals surface area contributed by atoms with Gasteiger partial charge in [0.15, 0.2) is 0 Å². The van der Waals surface area contributed by atoms with Crippen LogP contribution in [0.1, 0.15) is 62.2 Å². The number of H-pyrrole nitrogens is 1. The Morgan fingerprint density at radius 2 is 1.67 bits per heavy atom. The van der Waals surface area contributed by atoms with E-state index in [0.717, 1.165) is 48.6 Å². The molecular formula is C30H39N5O. The van der Waals surface area contributed by atoms with Crippen molar-refractivity contribution in [2.75, 3.05) is 37.6 Å². The molecule has 0 saturated carbocycles. The lowest BCUT2D eigenvalue weighted by atomic mass is 10.0. The van der Waals surface area contributed by atoms with Crippen molar-refractivity contribution in [2.24, 2.45) is 0 Å². The quantitative estimate of drug-likeness (QED) is 0.400. The number of aromatic nitrogens is 2. The van der Waals surface area contributed by atoms with Crippen molar-refractivity contribution < 1.29 is 4.79 Å². The molecular weight excluding hydrogens is 446 g/mol. The second-order valence-electron chi connectivity index (χ2n) is 10.3. The van der Waals surface area contributed by atoms with Crippen molar-refractivity contribution in [1.29, 1.82) is 0 Å². The molecule has 2 aromatic carbocycles. The van der Waals surface area contributed by atoms with Crippen LogP contribution < -0.4 is 10.2 Å². The van der Waals surface area contributed by atoms with Crippen LogP contribution in [0.5, 0.6) is 0 Å². The van der Waals surface area contributed by atoms with Crippen LogP contribution in [-0.2, 0) is 0 Å². The zero-order valence-electron chi connectivity index (χ0n) is 21.5. The molecule has 0 bridgehead atoms. The van der Waals surface area contributed by atoms with Crippen molar-refractivity contribution in [3.8, 4) is 22.5 Å². The van der Waals surface area contributed by atoms with Gasteiger partial charge in [-0.3, -0.25) is 9.89 Å². The molecule has 1 amide bonds. The van der Waals surface area contributed by atoms with Crippen LogP contribution in [0.3, 0.4) is 0 Å². The summed E-state index contributed by atoms with van der Waals surface area (Å²) in [6.45, 7) is 7.58. The molecule has 1 aromatic heterocycles. The minimum Gasteiger partial charge on any atom is -0.372 e. The Morgan fingerprint density at radius 3 is 2.42 bits per heavy atom. The lowest BCUT2D eigenvalue weighted by Gasteiger charge is -2.33. The third kappa shape index (κ3) is 5.98. The van der Waals surface area contributed by atoms with Crippen molar-refractivity contribution >= 4 is 11.6 Å². The lowest BCUT2D eigenvalue weighted by Crippen LogP contribution is -2.39. The summed E-state index contributed by atoms with van der Waals surface area (Å²) < 4.78 is 0. The molecule has 36 heavy (non-hydrogen) atoms. The number of carbonyl (C=O) groups excluding carboxylic acids is 1. The standard InChI is InChI=1S/C30H39N5O/c1-23-8-3-6-18-34(23)21-7-17-31-30(36)26-11-9-24(10-12-26)28-22-29(33-32-28)25-13-15-27(16-14-25)35-19-4-2-5-20-35/h9-16,22-23H,2-8,17-21H2,1H3,(H,31,36)(H,32,33)/t23-/m1/s1. The maximum absolute atomic E-state index is 12.6. The maximum atomic E-state index is 12.6. The number of rotatable bonds is 8. The van der Waals surface area contributed by atoms with E-state index in [1.54, 1.807) is 0 Å². The van der Waals surface area contributed by atoms with Gasteiger partial charge < -0.3 is 15.1 Å². The number of anilines is 1. The van der Waals surface area contributed by atoms with E-state index >= 15 is 0 Å². The number of amides is 1. The van der Waals surface area contributed by atoms with E-state index in [0.29, 0.717) is 18.2 Å².